The number of hydrogen-bond acceptors (Lipinski definition) is 4. The number of carbonyl (C=O) groups excluding carboxylic acids is 1. The van der Waals surface area contributed by atoms with Crippen LogP contribution >= 0.6 is 11.8 Å². The molecule has 5 nitrogen and oxygen atoms in total. The molecule has 1 heterocycles. The lowest BCUT2D eigenvalue weighted by Gasteiger charge is -2.13. The Balaban J connectivity index is 1.46. The number of amides is 1. The summed E-state index contributed by atoms with van der Waals surface area (Å²) in [7, 11) is 0. The van der Waals surface area contributed by atoms with E-state index in [0.29, 0.717) is 12.4 Å². The standard InChI is InChI=1S/C21H25N3O2S/c1-3-26-17-11-12-18-19(13-17)24-21(23-18)27-14-20(25)22-15(2)9-10-16-7-5-4-6-8-16/h4-8,11-13,15H,3,9-10,14H2,1-2H3,(H,22,25)(H,23,24). The topological polar surface area (TPSA) is 67.0 Å². The maximum Gasteiger partial charge on any atom is 0.230 e. The van der Waals surface area contributed by atoms with Crippen molar-refractivity contribution < 1.29 is 9.53 Å². The highest BCUT2D eigenvalue weighted by atomic mass is 32.2. The summed E-state index contributed by atoms with van der Waals surface area (Å²) in [6.45, 7) is 4.63. The largest absolute Gasteiger partial charge is 0.494 e. The summed E-state index contributed by atoms with van der Waals surface area (Å²) in [5.41, 5.74) is 3.08. The lowest BCUT2D eigenvalue weighted by molar-refractivity contribution is -0.119. The fraction of sp³-hybridized carbons (Fsp3) is 0.333. The second-order valence-electron chi connectivity index (χ2n) is 6.44. The minimum atomic E-state index is 0.0241. The molecule has 0 aliphatic rings. The van der Waals surface area contributed by atoms with Crippen molar-refractivity contribution in [2.24, 2.45) is 0 Å². The average molecular weight is 384 g/mol. The van der Waals surface area contributed by atoms with Gasteiger partial charge >= 0.3 is 0 Å². The number of aromatic nitrogens is 2. The van der Waals surface area contributed by atoms with Crippen LogP contribution in [0.2, 0.25) is 0 Å². The first-order chi connectivity index (χ1) is 13.1. The minimum absolute atomic E-state index is 0.0241. The highest BCUT2D eigenvalue weighted by Crippen LogP contribution is 2.23. The molecule has 0 aliphatic heterocycles. The number of ether oxygens (including phenoxy) is 1. The van der Waals surface area contributed by atoms with Crippen LogP contribution in [0.4, 0.5) is 0 Å². The van der Waals surface area contributed by atoms with Gasteiger partial charge in [-0.05, 0) is 44.4 Å². The van der Waals surface area contributed by atoms with Gasteiger partial charge in [-0.3, -0.25) is 4.79 Å². The zero-order valence-electron chi connectivity index (χ0n) is 15.7. The third kappa shape index (κ3) is 5.76. The van der Waals surface area contributed by atoms with Gasteiger partial charge in [-0.2, -0.15) is 0 Å². The number of nitrogens with zero attached hydrogens (tertiary/aromatic N) is 1. The summed E-state index contributed by atoms with van der Waals surface area (Å²) in [6, 6.07) is 16.2. The van der Waals surface area contributed by atoms with Gasteiger partial charge in [0.1, 0.15) is 5.75 Å². The van der Waals surface area contributed by atoms with Gasteiger partial charge in [0, 0.05) is 12.1 Å². The number of carbonyl (C=O) groups is 1. The zero-order chi connectivity index (χ0) is 19.1. The van der Waals surface area contributed by atoms with E-state index in [2.05, 4.69) is 27.4 Å². The Hall–Kier alpha value is -2.47. The fourth-order valence-corrected chi connectivity index (χ4v) is 3.54. The van der Waals surface area contributed by atoms with E-state index in [9.17, 15) is 4.79 Å². The van der Waals surface area contributed by atoms with E-state index < -0.39 is 0 Å². The second kappa shape index (κ2) is 9.46. The Labute approximate surface area is 163 Å². The van der Waals surface area contributed by atoms with E-state index >= 15 is 0 Å². The molecule has 6 heteroatoms. The number of fused-ring (bicyclic) bond motifs is 1. The first-order valence-corrected chi connectivity index (χ1v) is 10.2. The van der Waals surface area contributed by atoms with Crippen LogP contribution in [-0.4, -0.2) is 34.3 Å². The van der Waals surface area contributed by atoms with Crippen LogP contribution in [0.5, 0.6) is 5.75 Å². The molecule has 0 saturated heterocycles. The second-order valence-corrected chi connectivity index (χ2v) is 7.40. The number of imidazole rings is 1. The van der Waals surface area contributed by atoms with Crippen molar-refractivity contribution in [1.82, 2.24) is 15.3 Å². The molecular weight excluding hydrogens is 358 g/mol. The normalized spacial score (nSPS) is 12.1. The maximum atomic E-state index is 12.2. The average Bonchev–Trinajstić information content (AvgIpc) is 3.08. The van der Waals surface area contributed by atoms with Gasteiger partial charge in [0.2, 0.25) is 5.91 Å². The van der Waals surface area contributed by atoms with Crippen LogP contribution in [0.15, 0.2) is 53.7 Å². The van der Waals surface area contributed by atoms with E-state index in [4.69, 9.17) is 4.74 Å². The van der Waals surface area contributed by atoms with E-state index in [1.807, 2.05) is 50.2 Å². The molecule has 3 rings (SSSR count). The van der Waals surface area contributed by atoms with Crippen molar-refractivity contribution in [3.63, 3.8) is 0 Å². The van der Waals surface area contributed by atoms with Gasteiger partial charge in [-0.1, -0.05) is 42.1 Å². The van der Waals surface area contributed by atoms with Crippen LogP contribution in [0, 0.1) is 0 Å². The van der Waals surface area contributed by atoms with Crippen molar-refractivity contribution in [1.29, 1.82) is 0 Å². The van der Waals surface area contributed by atoms with E-state index in [0.717, 1.165) is 34.8 Å². The number of aromatic amines is 1. The molecule has 0 bridgehead atoms. The molecule has 1 atom stereocenters. The Bertz CT molecular complexity index is 880. The Morgan fingerprint density at radius 1 is 1.26 bits per heavy atom. The molecule has 1 aromatic heterocycles. The molecule has 0 spiro atoms. The van der Waals surface area contributed by atoms with Crippen LogP contribution in [-0.2, 0) is 11.2 Å². The highest BCUT2D eigenvalue weighted by molar-refractivity contribution is 7.99. The number of rotatable bonds is 9. The number of hydrogen-bond donors (Lipinski definition) is 2. The van der Waals surface area contributed by atoms with E-state index in [1.54, 1.807) is 0 Å². The third-order valence-electron chi connectivity index (χ3n) is 4.20. The Morgan fingerprint density at radius 2 is 2.07 bits per heavy atom. The number of H-pyrrole nitrogens is 1. The molecule has 0 saturated carbocycles. The van der Waals surface area contributed by atoms with Crippen LogP contribution in [0.1, 0.15) is 25.8 Å². The smallest absolute Gasteiger partial charge is 0.230 e. The van der Waals surface area contributed by atoms with Gasteiger partial charge < -0.3 is 15.0 Å². The van der Waals surface area contributed by atoms with Gasteiger partial charge in [-0.15, -0.1) is 0 Å². The lowest BCUT2D eigenvalue weighted by Crippen LogP contribution is -2.34. The molecule has 2 N–H and O–H groups in total. The molecule has 0 fully saturated rings. The number of benzene rings is 2. The molecule has 27 heavy (non-hydrogen) atoms. The highest BCUT2D eigenvalue weighted by Gasteiger charge is 2.10. The quantitative estimate of drug-likeness (QED) is 0.544. The van der Waals surface area contributed by atoms with Gasteiger partial charge in [-0.25, -0.2) is 4.98 Å². The van der Waals surface area contributed by atoms with Crippen LogP contribution in [0.25, 0.3) is 11.0 Å². The number of nitrogens with one attached hydrogen (secondary N) is 2. The predicted molar refractivity (Wildman–Crippen MR) is 110 cm³/mol. The third-order valence-corrected chi connectivity index (χ3v) is 5.07. The lowest BCUT2D eigenvalue weighted by atomic mass is 10.1. The molecule has 0 radical (unpaired) electrons. The monoisotopic (exact) mass is 383 g/mol. The molecule has 2 aromatic carbocycles. The minimum Gasteiger partial charge on any atom is -0.494 e. The number of thioether (sulfide) groups is 1. The van der Waals surface area contributed by atoms with E-state index in [-0.39, 0.29) is 11.9 Å². The van der Waals surface area contributed by atoms with Gasteiger partial charge in [0.15, 0.2) is 5.16 Å². The summed E-state index contributed by atoms with van der Waals surface area (Å²) in [5, 5.41) is 3.80. The predicted octanol–water partition coefficient (Wildman–Crippen LogP) is 4.19. The van der Waals surface area contributed by atoms with Crippen LogP contribution < -0.4 is 10.1 Å². The zero-order valence-corrected chi connectivity index (χ0v) is 16.5. The van der Waals surface area contributed by atoms with Crippen molar-refractivity contribution in [3.8, 4) is 5.75 Å². The first-order valence-electron chi connectivity index (χ1n) is 9.22. The van der Waals surface area contributed by atoms with Gasteiger partial charge in [0.05, 0.1) is 23.4 Å². The molecule has 1 unspecified atom stereocenters. The van der Waals surface area contributed by atoms with Crippen molar-refractivity contribution in [3.05, 3.63) is 54.1 Å². The van der Waals surface area contributed by atoms with Crippen molar-refractivity contribution >= 4 is 28.7 Å². The molecule has 1 amide bonds. The first kappa shape index (κ1) is 19.3. The molecule has 3 aromatic rings. The summed E-state index contributed by atoms with van der Waals surface area (Å²) in [5.74, 6) is 1.18. The summed E-state index contributed by atoms with van der Waals surface area (Å²) < 4.78 is 5.50. The molecular formula is C21H25N3O2S. The fourth-order valence-electron chi connectivity index (χ4n) is 2.84. The SMILES string of the molecule is CCOc1ccc2nc(SCC(=O)NC(C)CCc3ccccc3)[nH]c2c1. The van der Waals surface area contributed by atoms with Crippen molar-refractivity contribution in [2.75, 3.05) is 12.4 Å². The maximum absolute atomic E-state index is 12.2. The Kier molecular flexibility index (Phi) is 6.76. The summed E-state index contributed by atoms with van der Waals surface area (Å²) in [6.07, 6.45) is 1.88. The number of aryl methyl sites for hydroxylation is 1. The van der Waals surface area contributed by atoms with Crippen LogP contribution in [0.3, 0.4) is 0 Å². The van der Waals surface area contributed by atoms with E-state index in [1.165, 1.54) is 17.3 Å². The molecule has 142 valence electrons. The Morgan fingerprint density at radius 3 is 2.85 bits per heavy atom. The summed E-state index contributed by atoms with van der Waals surface area (Å²) >= 11 is 1.41. The summed E-state index contributed by atoms with van der Waals surface area (Å²) in [4.78, 5) is 20.0. The van der Waals surface area contributed by atoms with Crippen molar-refractivity contribution in [2.45, 2.75) is 37.9 Å². The van der Waals surface area contributed by atoms with Gasteiger partial charge in [0.25, 0.3) is 0 Å². The molecule has 0 aliphatic carbocycles.